The average Bonchev–Trinajstić information content (AvgIpc) is 3.38. The van der Waals surface area contributed by atoms with Crippen molar-refractivity contribution in [2.24, 2.45) is 0 Å². The topological polar surface area (TPSA) is 145 Å². The molecule has 202 valence electrons. The molecule has 0 bridgehead atoms. The molecule has 0 saturated heterocycles. The molecule has 0 fully saturated rings. The van der Waals surface area contributed by atoms with Gasteiger partial charge in [0.25, 0.3) is 23.6 Å². The Bertz CT molecular complexity index is 1620. The summed E-state index contributed by atoms with van der Waals surface area (Å²) in [6.45, 7) is 0. The molecule has 2 aromatic heterocycles. The van der Waals surface area contributed by atoms with Crippen molar-refractivity contribution in [3.05, 3.63) is 108 Å². The molecule has 0 N–H and O–H groups in total. The molecule has 0 spiro atoms. The largest absolute Gasteiger partial charge is 0.466 e. The molecular weight excluding hydrogens is 532 g/mol. The molecule has 4 amide bonds. The van der Waals surface area contributed by atoms with Gasteiger partial charge in [-0.1, -0.05) is 0 Å². The fourth-order valence-corrected chi connectivity index (χ4v) is 4.57. The third-order valence-electron chi connectivity index (χ3n) is 6.42. The summed E-state index contributed by atoms with van der Waals surface area (Å²) in [5, 5.41) is 0. The zero-order chi connectivity index (χ0) is 28.7. The highest BCUT2D eigenvalue weighted by molar-refractivity contribution is 6.26. The van der Waals surface area contributed by atoms with Crippen LogP contribution in [0.25, 0.3) is 0 Å². The van der Waals surface area contributed by atoms with E-state index >= 15 is 0 Å². The summed E-state index contributed by atoms with van der Waals surface area (Å²) in [5.74, 6) is -3.49. The molecule has 2 aliphatic rings. The van der Waals surface area contributed by atoms with Crippen molar-refractivity contribution in [3.63, 3.8) is 0 Å². The summed E-state index contributed by atoms with van der Waals surface area (Å²) in [6.07, 6.45) is 4.07. The van der Waals surface area contributed by atoms with Crippen LogP contribution in [0.5, 0.6) is 23.0 Å². The minimum atomic E-state index is -2.00. The monoisotopic (exact) mass is 550 g/mol. The summed E-state index contributed by atoms with van der Waals surface area (Å²) in [5.41, 5.74) is -0.222. The molecule has 0 atom stereocenters. The number of nitrogens with zero attached hydrogens (tertiary/aromatic N) is 4. The van der Waals surface area contributed by atoms with Crippen molar-refractivity contribution in [2.45, 2.75) is 6.17 Å². The molecule has 6 rings (SSSR count). The summed E-state index contributed by atoms with van der Waals surface area (Å²) >= 11 is 0. The third kappa shape index (κ3) is 4.33. The number of hydrogen-bond acceptors (Lipinski definition) is 10. The number of methoxy groups -OCH3 is 1. The van der Waals surface area contributed by atoms with Gasteiger partial charge in [-0.25, -0.2) is 14.6 Å². The Morgan fingerprint density at radius 2 is 1.07 bits per heavy atom. The summed E-state index contributed by atoms with van der Waals surface area (Å²) in [6, 6.07) is 15.0. The van der Waals surface area contributed by atoms with E-state index < -0.39 is 35.8 Å². The second-order valence-electron chi connectivity index (χ2n) is 8.85. The standard InChI is InChI=1S/C29H18N4O8/c1-39-29(38)24(32-25(34)20-8-6-16(12-22(20)27(32)36)40-18-4-2-10-30-14-18)33-26(35)21-9-7-17(13-23(21)28(33)37)41-19-5-3-11-31-15-19/h2-15,24H,1H3. The molecule has 4 aromatic rings. The number of rotatable bonds is 7. The van der Waals surface area contributed by atoms with E-state index in [1.54, 1.807) is 36.7 Å². The fourth-order valence-electron chi connectivity index (χ4n) is 4.57. The zero-order valence-electron chi connectivity index (χ0n) is 21.2. The van der Waals surface area contributed by atoms with Crippen molar-refractivity contribution in [1.29, 1.82) is 0 Å². The molecule has 12 nitrogen and oxygen atoms in total. The number of hydrogen-bond donors (Lipinski definition) is 0. The Morgan fingerprint density at radius 3 is 1.46 bits per heavy atom. The highest BCUT2D eigenvalue weighted by Crippen LogP contribution is 2.35. The van der Waals surface area contributed by atoms with Gasteiger partial charge in [-0.05, 0) is 60.7 Å². The molecular formula is C29H18N4O8. The predicted octanol–water partition coefficient (Wildman–Crippen LogP) is 3.45. The first-order valence-electron chi connectivity index (χ1n) is 12.1. The molecule has 0 unspecified atom stereocenters. The van der Waals surface area contributed by atoms with E-state index in [4.69, 9.17) is 14.2 Å². The first kappa shape index (κ1) is 25.4. The highest BCUT2D eigenvalue weighted by atomic mass is 16.5. The molecule has 2 aliphatic heterocycles. The van der Waals surface area contributed by atoms with E-state index in [0.29, 0.717) is 21.3 Å². The normalized spacial score (nSPS) is 13.9. The number of carbonyl (C=O) groups is 5. The Kier molecular flexibility index (Phi) is 6.19. The van der Waals surface area contributed by atoms with Crippen LogP contribution in [0.15, 0.2) is 85.5 Å². The van der Waals surface area contributed by atoms with Crippen molar-refractivity contribution < 1.29 is 38.2 Å². The molecule has 0 radical (unpaired) electrons. The maximum atomic E-state index is 13.5. The summed E-state index contributed by atoms with van der Waals surface area (Å²) < 4.78 is 16.3. The lowest BCUT2D eigenvalue weighted by Gasteiger charge is -2.30. The number of esters is 1. The molecule has 0 aliphatic carbocycles. The van der Waals surface area contributed by atoms with E-state index in [9.17, 15) is 24.0 Å². The number of ether oxygens (including phenoxy) is 3. The number of imide groups is 2. The van der Waals surface area contributed by atoms with Gasteiger partial charge >= 0.3 is 5.97 Å². The van der Waals surface area contributed by atoms with Gasteiger partial charge in [0, 0.05) is 12.4 Å². The zero-order valence-corrected chi connectivity index (χ0v) is 21.2. The van der Waals surface area contributed by atoms with Crippen molar-refractivity contribution in [1.82, 2.24) is 19.8 Å². The SMILES string of the molecule is COC(=O)C(N1C(=O)c2ccc(Oc3cccnc3)cc2C1=O)N1C(=O)c2ccc(Oc3cccnc3)cc2C1=O. The first-order chi connectivity index (χ1) is 19.9. The second kappa shape index (κ2) is 10.0. The lowest BCUT2D eigenvalue weighted by molar-refractivity contribution is -0.149. The quantitative estimate of drug-likeness (QED) is 0.248. The lowest BCUT2D eigenvalue weighted by atomic mass is 10.1. The van der Waals surface area contributed by atoms with Gasteiger partial charge in [0.05, 0.1) is 41.8 Å². The summed E-state index contributed by atoms with van der Waals surface area (Å²) in [7, 11) is 1.02. The lowest BCUT2D eigenvalue weighted by Crippen LogP contribution is -2.57. The highest BCUT2D eigenvalue weighted by Gasteiger charge is 2.52. The van der Waals surface area contributed by atoms with Crippen LogP contribution in [-0.2, 0) is 9.53 Å². The minimum absolute atomic E-state index is 0.0359. The number of amides is 4. The van der Waals surface area contributed by atoms with Gasteiger partial charge in [0.15, 0.2) is 0 Å². The van der Waals surface area contributed by atoms with Crippen LogP contribution in [0.1, 0.15) is 41.4 Å². The Balaban J connectivity index is 1.32. The Morgan fingerprint density at radius 1 is 0.634 bits per heavy atom. The smallest absolute Gasteiger partial charge is 0.350 e. The van der Waals surface area contributed by atoms with Crippen LogP contribution in [0, 0.1) is 0 Å². The Labute approximate surface area is 231 Å². The van der Waals surface area contributed by atoms with Crippen molar-refractivity contribution in [2.75, 3.05) is 7.11 Å². The second-order valence-corrected chi connectivity index (χ2v) is 8.85. The van der Waals surface area contributed by atoms with Gasteiger partial charge in [-0.3, -0.25) is 29.1 Å². The molecule has 0 saturated carbocycles. The minimum Gasteiger partial charge on any atom is -0.466 e. The molecule has 4 heterocycles. The van der Waals surface area contributed by atoms with Crippen LogP contribution in [0.2, 0.25) is 0 Å². The Hall–Kier alpha value is -5.91. The number of benzene rings is 2. The van der Waals surface area contributed by atoms with Gasteiger partial charge in [-0.2, -0.15) is 0 Å². The number of fused-ring (bicyclic) bond motifs is 2. The van der Waals surface area contributed by atoms with E-state index in [1.165, 1.54) is 48.8 Å². The van der Waals surface area contributed by atoms with E-state index in [2.05, 4.69) is 9.97 Å². The first-order valence-corrected chi connectivity index (χ1v) is 12.1. The maximum Gasteiger partial charge on any atom is 0.350 e. The van der Waals surface area contributed by atoms with Gasteiger partial charge in [0.2, 0.25) is 6.17 Å². The number of carbonyl (C=O) groups excluding carboxylic acids is 5. The molecule has 12 heteroatoms. The average molecular weight is 550 g/mol. The van der Waals surface area contributed by atoms with Crippen LogP contribution in [0.4, 0.5) is 0 Å². The van der Waals surface area contributed by atoms with Gasteiger partial charge in [0.1, 0.15) is 23.0 Å². The fraction of sp³-hybridized carbons (Fsp3) is 0.0690. The van der Waals surface area contributed by atoms with E-state index in [1.807, 2.05) is 0 Å². The maximum absolute atomic E-state index is 13.5. The number of aromatic nitrogens is 2. The molecule has 2 aromatic carbocycles. The van der Waals surface area contributed by atoms with Gasteiger partial charge in [-0.15, -0.1) is 0 Å². The number of pyridine rings is 2. The van der Waals surface area contributed by atoms with Crippen LogP contribution in [0.3, 0.4) is 0 Å². The van der Waals surface area contributed by atoms with Crippen molar-refractivity contribution >= 4 is 29.6 Å². The van der Waals surface area contributed by atoms with Crippen LogP contribution in [-0.4, -0.2) is 62.6 Å². The van der Waals surface area contributed by atoms with Crippen LogP contribution < -0.4 is 9.47 Å². The predicted molar refractivity (Wildman–Crippen MR) is 138 cm³/mol. The van der Waals surface area contributed by atoms with Crippen LogP contribution >= 0.6 is 0 Å². The summed E-state index contributed by atoms with van der Waals surface area (Å²) in [4.78, 5) is 75.9. The third-order valence-corrected chi connectivity index (χ3v) is 6.42. The van der Waals surface area contributed by atoms with Crippen molar-refractivity contribution in [3.8, 4) is 23.0 Å². The van der Waals surface area contributed by atoms with E-state index in [-0.39, 0.29) is 33.8 Å². The van der Waals surface area contributed by atoms with Gasteiger partial charge < -0.3 is 14.2 Å². The van der Waals surface area contributed by atoms with E-state index in [0.717, 1.165) is 7.11 Å². The molecule has 41 heavy (non-hydrogen) atoms.